The van der Waals surface area contributed by atoms with Crippen molar-refractivity contribution in [3.8, 4) is 5.75 Å². The van der Waals surface area contributed by atoms with E-state index in [-0.39, 0.29) is 55.5 Å². The molecule has 0 amide bonds. The second-order valence-electron chi connectivity index (χ2n) is 10.8. The van der Waals surface area contributed by atoms with E-state index in [0.29, 0.717) is 6.07 Å². The molecule has 1 N–H and O–H groups in total. The van der Waals surface area contributed by atoms with Crippen molar-refractivity contribution in [3.05, 3.63) is 94.3 Å². The van der Waals surface area contributed by atoms with Crippen LogP contribution in [0, 0.1) is 17.5 Å². The van der Waals surface area contributed by atoms with E-state index in [4.69, 9.17) is 4.74 Å². The maximum absolute atomic E-state index is 14.8. The summed E-state index contributed by atoms with van der Waals surface area (Å²) in [6.45, 7) is 4.69. The number of sulfone groups is 1. The molecule has 1 atom stereocenters. The number of nitrogens with zero attached hydrogens (tertiary/aromatic N) is 1. The summed E-state index contributed by atoms with van der Waals surface area (Å²) in [5.41, 5.74) is -2.91. The second-order valence-corrected chi connectivity index (χ2v) is 12.8. The Morgan fingerprint density at radius 2 is 1.64 bits per heavy atom. The Labute approximate surface area is 241 Å². The highest BCUT2D eigenvalue weighted by molar-refractivity contribution is 7.90. The third-order valence-corrected chi connectivity index (χ3v) is 7.80. The smallest absolute Gasteiger partial charge is 0.419 e. The molecule has 0 saturated carbocycles. The quantitative estimate of drug-likeness (QED) is 0.178. The molecule has 42 heavy (non-hydrogen) atoms. The van der Waals surface area contributed by atoms with Crippen molar-refractivity contribution in [3.63, 3.8) is 0 Å². The van der Waals surface area contributed by atoms with Gasteiger partial charge in [-0.15, -0.1) is 0 Å². The van der Waals surface area contributed by atoms with Crippen molar-refractivity contribution in [2.24, 2.45) is 0 Å². The number of benzene rings is 3. The number of hydrogen-bond acceptors (Lipinski definition) is 5. The van der Waals surface area contributed by atoms with Crippen molar-refractivity contribution in [1.82, 2.24) is 4.90 Å². The Hall–Kier alpha value is -3.09. The summed E-state index contributed by atoms with van der Waals surface area (Å²) < 4.78 is 113. The van der Waals surface area contributed by atoms with Gasteiger partial charge in [-0.2, -0.15) is 13.2 Å². The van der Waals surface area contributed by atoms with E-state index in [0.717, 1.165) is 30.0 Å². The van der Waals surface area contributed by atoms with Crippen LogP contribution >= 0.6 is 0 Å². The molecule has 3 aromatic rings. The number of hydrogen-bond donors (Lipinski definition) is 1. The minimum atomic E-state index is -4.86. The largest absolute Gasteiger partial charge is 0.493 e. The fourth-order valence-corrected chi connectivity index (χ4v) is 5.73. The summed E-state index contributed by atoms with van der Waals surface area (Å²) in [6.07, 6.45) is -3.71. The molecule has 0 radical (unpaired) electrons. The van der Waals surface area contributed by atoms with Gasteiger partial charge in [0.1, 0.15) is 23.2 Å². The van der Waals surface area contributed by atoms with Crippen LogP contribution in [0.25, 0.3) is 0 Å². The van der Waals surface area contributed by atoms with Gasteiger partial charge in [0.2, 0.25) is 0 Å². The number of alkyl halides is 3. The molecule has 3 rings (SSSR count). The fourth-order valence-electron chi connectivity index (χ4n) is 4.69. The first-order valence-electron chi connectivity index (χ1n) is 13.1. The fraction of sp³-hybridized carbons (Fsp3) is 0.400. The SMILES string of the molecule is CC(CN(CCCOc1cc(F)c(C(C)(C)O)c(S(C)(=O)=O)c1)Cc1cccc(C(F)(F)F)c1F)c1ccc(F)cc1. The molecule has 0 heterocycles. The molecule has 0 saturated heterocycles. The van der Waals surface area contributed by atoms with Crippen LogP contribution in [-0.2, 0) is 28.2 Å². The molecule has 3 aromatic carbocycles. The van der Waals surface area contributed by atoms with Crippen molar-refractivity contribution in [2.75, 3.05) is 26.0 Å². The van der Waals surface area contributed by atoms with Crippen molar-refractivity contribution < 1.29 is 44.6 Å². The molecule has 0 aromatic heterocycles. The first-order chi connectivity index (χ1) is 19.4. The van der Waals surface area contributed by atoms with E-state index in [1.54, 1.807) is 17.0 Å². The molecule has 0 spiro atoms. The van der Waals surface area contributed by atoms with Gasteiger partial charge in [0.05, 0.1) is 22.7 Å². The van der Waals surface area contributed by atoms with Crippen LogP contribution in [0.5, 0.6) is 5.75 Å². The van der Waals surface area contributed by atoms with E-state index in [1.165, 1.54) is 32.0 Å². The molecule has 0 fully saturated rings. The molecule has 0 aliphatic carbocycles. The molecule has 1 unspecified atom stereocenters. The lowest BCUT2D eigenvalue weighted by molar-refractivity contribution is -0.140. The number of aliphatic hydroxyl groups is 1. The lowest BCUT2D eigenvalue weighted by atomic mass is 9.97. The van der Waals surface area contributed by atoms with Gasteiger partial charge >= 0.3 is 6.18 Å². The monoisotopic (exact) mass is 617 g/mol. The average Bonchev–Trinajstić information content (AvgIpc) is 2.85. The average molecular weight is 618 g/mol. The Kier molecular flexibility index (Phi) is 10.4. The van der Waals surface area contributed by atoms with Gasteiger partial charge in [0.25, 0.3) is 0 Å². The first kappa shape index (κ1) is 33.4. The van der Waals surface area contributed by atoms with Gasteiger partial charge in [-0.05, 0) is 56.0 Å². The predicted molar refractivity (Wildman–Crippen MR) is 146 cm³/mol. The lowest BCUT2D eigenvalue weighted by Gasteiger charge is -2.27. The summed E-state index contributed by atoms with van der Waals surface area (Å²) in [7, 11) is -3.93. The standard InChI is InChI=1S/C30H33F6NO4S/c1-19(20-9-11-22(31)12-10-20)17-37(18-21-7-5-8-24(28(21)33)30(34,35)36)13-6-14-41-23-15-25(32)27(29(2,3)38)26(16-23)42(4,39)40/h5,7-12,15-16,19,38H,6,13-14,17-18H2,1-4H3. The summed E-state index contributed by atoms with van der Waals surface area (Å²) >= 11 is 0. The van der Waals surface area contributed by atoms with E-state index in [1.807, 2.05) is 6.92 Å². The van der Waals surface area contributed by atoms with Gasteiger partial charge in [0, 0.05) is 43.1 Å². The van der Waals surface area contributed by atoms with E-state index in [9.17, 15) is 39.9 Å². The Morgan fingerprint density at radius 3 is 2.21 bits per heavy atom. The molecule has 0 aliphatic heterocycles. The molecule has 12 heteroatoms. The zero-order valence-corrected chi connectivity index (χ0v) is 24.4. The van der Waals surface area contributed by atoms with Crippen molar-refractivity contribution in [1.29, 1.82) is 0 Å². The van der Waals surface area contributed by atoms with Crippen LogP contribution in [0.15, 0.2) is 59.5 Å². The Bertz CT molecular complexity index is 1490. The zero-order chi connectivity index (χ0) is 31.5. The highest BCUT2D eigenvalue weighted by atomic mass is 32.2. The van der Waals surface area contributed by atoms with Crippen LogP contribution in [0.4, 0.5) is 26.3 Å². The van der Waals surface area contributed by atoms with Gasteiger partial charge in [0.15, 0.2) is 9.84 Å². The van der Waals surface area contributed by atoms with Gasteiger partial charge in [-0.1, -0.05) is 31.2 Å². The lowest BCUT2D eigenvalue weighted by Crippen LogP contribution is -2.30. The first-order valence-corrected chi connectivity index (χ1v) is 15.0. The van der Waals surface area contributed by atoms with E-state index in [2.05, 4.69) is 0 Å². The third-order valence-electron chi connectivity index (χ3n) is 6.68. The van der Waals surface area contributed by atoms with Crippen molar-refractivity contribution >= 4 is 9.84 Å². The van der Waals surface area contributed by atoms with Crippen molar-refractivity contribution in [2.45, 2.75) is 56.3 Å². The summed E-state index contributed by atoms with van der Waals surface area (Å²) in [5, 5.41) is 10.3. The van der Waals surface area contributed by atoms with E-state index < -0.39 is 49.5 Å². The highest BCUT2D eigenvalue weighted by Crippen LogP contribution is 2.34. The Morgan fingerprint density at radius 1 is 1.00 bits per heavy atom. The second kappa shape index (κ2) is 13.0. The van der Waals surface area contributed by atoms with Gasteiger partial charge < -0.3 is 9.84 Å². The Balaban J connectivity index is 1.79. The summed E-state index contributed by atoms with van der Waals surface area (Å²) in [4.78, 5) is 1.32. The van der Waals surface area contributed by atoms with E-state index >= 15 is 0 Å². The van der Waals surface area contributed by atoms with Gasteiger partial charge in [-0.3, -0.25) is 4.90 Å². The molecular weight excluding hydrogens is 584 g/mol. The zero-order valence-electron chi connectivity index (χ0n) is 23.6. The molecule has 0 bridgehead atoms. The minimum Gasteiger partial charge on any atom is -0.493 e. The number of ether oxygens (including phenoxy) is 1. The third kappa shape index (κ3) is 8.71. The van der Waals surface area contributed by atoms with Crippen LogP contribution in [0.3, 0.4) is 0 Å². The van der Waals surface area contributed by atoms with Crippen LogP contribution < -0.4 is 4.74 Å². The highest BCUT2D eigenvalue weighted by Gasteiger charge is 2.35. The molecule has 230 valence electrons. The number of halogens is 6. The molecular formula is C30H33F6NO4S. The number of rotatable bonds is 12. The predicted octanol–water partition coefficient (Wildman–Crippen LogP) is 6.83. The topological polar surface area (TPSA) is 66.8 Å². The molecule has 0 aliphatic rings. The maximum Gasteiger partial charge on any atom is 0.419 e. The maximum atomic E-state index is 14.8. The minimum absolute atomic E-state index is 0.0307. The van der Waals surface area contributed by atoms with Crippen LogP contribution in [-0.4, -0.2) is 44.4 Å². The van der Waals surface area contributed by atoms with Crippen LogP contribution in [0.2, 0.25) is 0 Å². The van der Waals surface area contributed by atoms with Gasteiger partial charge in [-0.25, -0.2) is 21.6 Å². The normalized spacial score (nSPS) is 13.4. The molecule has 5 nitrogen and oxygen atoms in total. The van der Waals surface area contributed by atoms with Crippen LogP contribution in [0.1, 0.15) is 55.4 Å². The summed E-state index contributed by atoms with van der Waals surface area (Å²) in [6, 6.07) is 11.0. The summed E-state index contributed by atoms with van der Waals surface area (Å²) in [5.74, 6) is -3.03.